The average Bonchev–Trinajstić information content (AvgIpc) is 1.65. The SMILES string of the molecule is CC(C=O)O[O]. The number of hydrogen-bond acceptors (Lipinski definition) is 2. The molecule has 0 amide bonds. The fourth-order valence-electron chi connectivity index (χ4n) is 0.0227. The van der Waals surface area contributed by atoms with Gasteiger partial charge in [-0.3, -0.25) is 0 Å². The van der Waals surface area contributed by atoms with Crippen molar-refractivity contribution in [2.45, 2.75) is 13.0 Å². The molecule has 0 spiro atoms. The lowest BCUT2D eigenvalue weighted by Crippen LogP contribution is -2.03. The van der Waals surface area contributed by atoms with Gasteiger partial charge in [0.05, 0.1) is 0 Å². The molecule has 0 aromatic heterocycles. The summed E-state index contributed by atoms with van der Waals surface area (Å²) in [5, 5.41) is 9.13. The summed E-state index contributed by atoms with van der Waals surface area (Å²) in [7, 11) is 0. The second-order valence-electron chi connectivity index (χ2n) is 0.937. The minimum absolute atomic E-state index is 0.438. The zero-order chi connectivity index (χ0) is 4.99. The van der Waals surface area contributed by atoms with Crippen LogP contribution in [0.15, 0.2) is 0 Å². The highest BCUT2D eigenvalue weighted by atomic mass is 17.1. The summed E-state index contributed by atoms with van der Waals surface area (Å²) < 4.78 is 0. The molecule has 35 valence electrons. The van der Waals surface area contributed by atoms with E-state index < -0.39 is 6.10 Å². The van der Waals surface area contributed by atoms with Crippen LogP contribution in [0.2, 0.25) is 0 Å². The van der Waals surface area contributed by atoms with E-state index in [1.165, 1.54) is 6.92 Å². The van der Waals surface area contributed by atoms with Crippen molar-refractivity contribution >= 4 is 6.29 Å². The molecule has 0 aromatic carbocycles. The van der Waals surface area contributed by atoms with Gasteiger partial charge < -0.3 is 4.79 Å². The summed E-state index contributed by atoms with van der Waals surface area (Å²) in [5.74, 6) is 0. The van der Waals surface area contributed by atoms with E-state index in [2.05, 4.69) is 4.89 Å². The first-order chi connectivity index (χ1) is 2.81. The maximum absolute atomic E-state index is 9.41. The van der Waals surface area contributed by atoms with Crippen LogP contribution in [0, 0.1) is 0 Å². The van der Waals surface area contributed by atoms with Crippen molar-refractivity contribution in [2.24, 2.45) is 0 Å². The first-order valence-corrected chi connectivity index (χ1v) is 1.55. The van der Waals surface area contributed by atoms with Crippen LogP contribution in [0.4, 0.5) is 0 Å². The molecular formula is C3H5O3. The summed E-state index contributed by atoms with van der Waals surface area (Å²) in [4.78, 5) is 12.7. The first-order valence-electron chi connectivity index (χ1n) is 1.55. The predicted octanol–water partition coefficient (Wildman–Crippen LogP) is -0.0641. The van der Waals surface area contributed by atoms with Crippen molar-refractivity contribution in [2.75, 3.05) is 0 Å². The monoisotopic (exact) mass is 89.0 g/mol. The number of carbonyl (C=O) groups excluding carboxylic acids is 1. The normalized spacial score (nSPS) is 13.7. The standard InChI is InChI=1S/C3H5O3/c1-3(2-4)6-5/h2-3H,1H3. The van der Waals surface area contributed by atoms with Crippen molar-refractivity contribution in [1.82, 2.24) is 0 Å². The molecule has 1 unspecified atom stereocenters. The number of hydrogen-bond donors (Lipinski definition) is 0. The Morgan fingerprint density at radius 1 is 1.83 bits per heavy atom. The number of aldehydes is 1. The molecule has 6 heavy (non-hydrogen) atoms. The summed E-state index contributed by atoms with van der Waals surface area (Å²) in [6.45, 7) is 1.38. The quantitative estimate of drug-likeness (QED) is 0.270. The Bertz CT molecular complexity index is 43.3. The van der Waals surface area contributed by atoms with Gasteiger partial charge in [0.15, 0.2) is 6.29 Å². The van der Waals surface area contributed by atoms with Crippen LogP contribution in [-0.4, -0.2) is 12.4 Å². The molecule has 1 radical (unpaired) electrons. The van der Waals surface area contributed by atoms with E-state index >= 15 is 0 Å². The van der Waals surface area contributed by atoms with Gasteiger partial charge in [-0.2, -0.15) is 4.89 Å². The lowest BCUT2D eigenvalue weighted by atomic mass is 10.5. The molecule has 0 aromatic rings. The van der Waals surface area contributed by atoms with E-state index in [1.54, 1.807) is 0 Å². The molecule has 0 N–H and O–H groups in total. The van der Waals surface area contributed by atoms with E-state index in [0.717, 1.165) is 0 Å². The van der Waals surface area contributed by atoms with Crippen LogP contribution in [0.1, 0.15) is 6.92 Å². The fraction of sp³-hybridized carbons (Fsp3) is 0.667. The van der Waals surface area contributed by atoms with Gasteiger partial charge in [0.2, 0.25) is 0 Å². The Kier molecular flexibility index (Phi) is 2.62. The molecule has 0 rings (SSSR count). The zero-order valence-corrected chi connectivity index (χ0v) is 3.38. The van der Waals surface area contributed by atoms with Crippen molar-refractivity contribution in [3.8, 4) is 0 Å². The Balaban J connectivity index is 2.96. The molecule has 0 heterocycles. The van der Waals surface area contributed by atoms with E-state index in [1.807, 2.05) is 0 Å². The van der Waals surface area contributed by atoms with Crippen LogP contribution in [-0.2, 0) is 14.9 Å². The maximum Gasteiger partial charge on any atom is 0.151 e. The Hall–Kier alpha value is -0.410. The lowest BCUT2D eigenvalue weighted by Gasteiger charge is -1.87. The van der Waals surface area contributed by atoms with Crippen molar-refractivity contribution in [1.29, 1.82) is 0 Å². The van der Waals surface area contributed by atoms with Gasteiger partial charge in [0.25, 0.3) is 0 Å². The van der Waals surface area contributed by atoms with Gasteiger partial charge >= 0.3 is 0 Å². The van der Waals surface area contributed by atoms with Gasteiger partial charge in [0.1, 0.15) is 6.10 Å². The predicted molar refractivity (Wildman–Crippen MR) is 17.3 cm³/mol. The van der Waals surface area contributed by atoms with Crippen LogP contribution in [0.5, 0.6) is 0 Å². The molecule has 0 saturated carbocycles. The molecule has 3 nitrogen and oxygen atoms in total. The molecule has 0 fully saturated rings. The molecule has 0 aliphatic carbocycles. The summed E-state index contributed by atoms with van der Waals surface area (Å²) in [5.41, 5.74) is 0. The molecule has 1 atom stereocenters. The van der Waals surface area contributed by atoms with Crippen molar-refractivity contribution < 1.29 is 14.9 Å². The Morgan fingerprint density at radius 3 is 2.33 bits per heavy atom. The summed E-state index contributed by atoms with van der Waals surface area (Å²) >= 11 is 0. The Labute approximate surface area is 35.5 Å². The highest BCUT2D eigenvalue weighted by Gasteiger charge is 1.93. The van der Waals surface area contributed by atoms with Crippen molar-refractivity contribution in [3.05, 3.63) is 0 Å². The molecular weight excluding hydrogens is 84.0 g/mol. The molecule has 0 saturated heterocycles. The largest absolute Gasteiger partial charge is 0.300 e. The molecule has 0 aliphatic rings. The summed E-state index contributed by atoms with van der Waals surface area (Å²) in [6.07, 6.45) is -0.363. The Morgan fingerprint density at radius 2 is 2.33 bits per heavy atom. The highest BCUT2D eigenvalue weighted by molar-refractivity contribution is 5.54. The van der Waals surface area contributed by atoms with Crippen LogP contribution >= 0.6 is 0 Å². The second kappa shape index (κ2) is 2.81. The third-order valence-electron chi connectivity index (χ3n) is 0.343. The minimum atomic E-state index is -0.801. The van der Waals surface area contributed by atoms with Crippen LogP contribution in [0.3, 0.4) is 0 Å². The first kappa shape index (κ1) is 5.59. The van der Waals surface area contributed by atoms with Gasteiger partial charge in [-0.1, -0.05) is 0 Å². The van der Waals surface area contributed by atoms with Gasteiger partial charge in [-0.05, 0) is 12.2 Å². The van der Waals surface area contributed by atoms with Crippen LogP contribution in [0.25, 0.3) is 0 Å². The van der Waals surface area contributed by atoms with E-state index in [9.17, 15) is 4.79 Å². The highest BCUT2D eigenvalue weighted by Crippen LogP contribution is 1.76. The van der Waals surface area contributed by atoms with Crippen LogP contribution < -0.4 is 0 Å². The number of rotatable bonds is 2. The zero-order valence-electron chi connectivity index (χ0n) is 3.38. The fourth-order valence-corrected chi connectivity index (χ4v) is 0.0227. The van der Waals surface area contributed by atoms with E-state index in [-0.39, 0.29) is 0 Å². The van der Waals surface area contributed by atoms with E-state index in [0.29, 0.717) is 6.29 Å². The third-order valence-corrected chi connectivity index (χ3v) is 0.343. The second-order valence-corrected chi connectivity index (χ2v) is 0.937. The van der Waals surface area contributed by atoms with Gasteiger partial charge in [-0.25, -0.2) is 0 Å². The minimum Gasteiger partial charge on any atom is -0.300 e. The average molecular weight is 89.1 g/mol. The topological polar surface area (TPSA) is 46.2 Å². The third kappa shape index (κ3) is 1.87. The van der Waals surface area contributed by atoms with Crippen molar-refractivity contribution in [3.63, 3.8) is 0 Å². The maximum atomic E-state index is 9.41. The molecule has 0 aliphatic heterocycles. The summed E-state index contributed by atoms with van der Waals surface area (Å²) in [6, 6.07) is 0. The van der Waals surface area contributed by atoms with Gasteiger partial charge in [0, 0.05) is 0 Å². The lowest BCUT2D eigenvalue weighted by molar-refractivity contribution is -0.320. The van der Waals surface area contributed by atoms with Gasteiger partial charge in [-0.15, -0.1) is 0 Å². The number of carbonyl (C=O) groups is 1. The molecule has 0 bridgehead atoms. The molecule has 3 heteroatoms. The smallest absolute Gasteiger partial charge is 0.151 e. The van der Waals surface area contributed by atoms with E-state index in [4.69, 9.17) is 5.26 Å².